The summed E-state index contributed by atoms with van der Waals surface area (Å²) in [5, 5.41) is 0. The Bertz CT molecular complexity index is 1290. The van der Waals surface area contributed by atoms with Crippen LogP contribution in [0.25, 0.3) is 0 Å². The molecule has 0 N–H and O–H groups in total. The second-order valence-electron chi connectivity index (χ2n) is 7.73. The molecule has 1 heterocycles. The summed E-state index contributed by atoms with van der Waals surface area (Å²) in [6.07, 6.45) is -0.847. The van der Waals surface area contributed by atoms with Gasteiger partial charge in [-0.3, -0.25) is 9.10 Å². The van der Waals surface area contributed by atoms with Crippen LogP contribution < -0.4 is 13.9 Å². The molecule has 0 bridgehead atoms. The minimum Gasteiger partial charge on any atom is -0.475 e. The maximum absolute atomic E-state index is 13.2. The normalized spacial score (nSPS) is 15.1. The van der Waals surface area contributed by atoms with Gasteiger partial charge in [-0.05, 0) is 42.0 Å². The van der Waals surface area contributed by atoms with E-state index in [1.165, 1.54) is 23.4 Å². The third-order valence-corrected chi connectivity index (χ3v) is 7.40. The number of esters is 1. The number of sulfonamides is 1. The van der Waals surface area contributed by atoms with Gasteiger partial charge >= 0.3 is 5.97 Å². The molecule has 0 fully saturated rings. The number of amides is 1. The predicted molar refractivity (Wildman–Crippen MR) is 127 cm³/mol. The molecule has 3 aromatic rings. The van der Waals surface area contributed by atoms with Crippen LogP contribution in [0.3, 0.4) is 0 Å². The van der Waals surface area contributed by atoms with E-state index >= 15 is 0 Å². The van der Waals surface area contributed by atoms with Crippen molar-refractivity contribution in [1.29, 1.82) is 0 Å². The van der Waals surface area contributed by atoms with Gasteiger partial charge in [0, 0.05) is 7.05 Å². The van der Waals surface area contributed by atoms with E-state index in [0.29, 0.717) is 22.7 Å². The lowest BCUT2D eigenvalue weighted by atomic mass is 10.1. The van der Waals surface area contributed by atoms with Crippen molar-refractivity contribution in [3.05, 3.63) is 84.4 Å². The zero-order valence-electron chi connectivity index (χ0n) is 18.7. The highest BCUT2D eigenvalue weighted by atomic mass is 32.2. The van der Waals surface area contributed by atoms with Gasteiger partial charge in [-0.2, -0.15) is 0 Å². The molecule has 1 amide bonds. The van der Waals surface area contributed by atoms with Crippen LogP contribution in [0, 0.1) is 0 Å². The molecule has 1 aliphatic heterocycles. The summed E-state index contributed by atoms with van der Waals surface area (Å²) in [4.78, 5) is 26.9. The molecule has 34 heavy (non-hydrogen) atoms. The number of carbonyl (C=O) groups excluding carboxylic acids is 2. The molecular weight excluding hydrogens is 456 g/mol. The Morgan fingerprint density at radius 3 is 2.32 bits per heavy atom. The molecule has 4 rings (SSSR count). The van der Waals surface area contributed by atoms with Crippen LogP contribution in [0.4, 0.5) is 11.4 Å². The highest BCUT2D eigenvalue weighted by Gasteiger charge is 2.34. The Morgan fingerprint density at radius 2 is 1.65 bits per heavy atom. The van der Waals surface area contributed by atoms with E-state index in [4.69, 9.17) is 9.47 Å². The SMILES string of the molecule is COC(=O)[C@@H]1CN(C(=O)Cc2ccc(N(C)S(=O)(=O)c3ccccc3)cc2)c2ccccc2O1. The molecule has 8 nitrogen and oxygen atoms in total. The highest BCUT2D eigenvalue weighted by Crippen LogP contribution is 2.34. The number of rotatable bonds is 6. The first-order valence-corrected chi connectivity index (χ1v) is 12.0. The molecule has 176 valence electrons. The lowest BCUT2D eigenvalue weighted by molar-refractivity contribution is -0.148. The molecule has 0 saturated carbocycles. The van der Waals surface area contributed by atoms with Crippen molar-refractivity contribution in [2.24, 2.45) is 0 Å². The highest BCUT2D eigenvalue weighted by molar-refractivity contribution is 7.92. The molecule has 1 atom stereocenters. The van der Waals surface area contributed by atoms with Crippen molar-refractivity contribution in [2.75, 3.05) is 29.9 Å². The topological polar surface area (TPSA) is 93.2 Å². The number of nitrogens with zero attached hydrogens (tertiary/aromatic N) is 2. The number of hydrogen-bond donors (Lipinski definition) is 0. The van der Waals surface area contributed by atoms with Crippen LogP contribution in [0.5, 0.6) is 5.75 Å². The number of hydrogen-bond acceptors (Lipinski definition) is 6. The molecule has 1 aliphatic rings. The molecule has 0 aliphatic carbocycles. The van der Waals surface area contributed by atoms with Crippen molar-refractivity contribution >= 4 is 33.3 Å². The number of para-hydroxylation sites is 2. The van der Waals surface area contributed by atoms with Crippen LogP contribution in [0.15, 0.2) is 83.8 Å². The summed E-state index contributed by atoms with van der Waals surface area (Å²) in [6.45, 7) is 0.0403. The number of benzene rings is 3. The molecule has 3 aromatic carbocycles. The fraction of sp³-hybridized carbons (Fsp3) is 0.200. The first kappa shape index (κ1) is 23.3. The Labute approximate surface area is 198 Å². The van der Waals surface area contributed by atoms with E-state index in [9.17, 15) is 18.0 Å². The van der Waals surface area contributed by atoms with Gasteiger partial charge in [0.2, 0.25) is 12.0 Å². The lowest BCUT2D eigenvalue weighted by Gasteiger charge is -2.33. The zero-order valence-corrected chi connectivity index (χ0v) is 19.6. The summed E-state index contributed by atoms with van der Waals surface area (Å²) in [5.41, 5.74) is 1.76. The summed E-state index contributed by atoms with van der Waals surface area (Å²) in [5.74, 6) is -0.345. The summed E-state index contributed by atoms with van der Waals surface area (Å²) >= 11 is 0. The van der Waals surface area contributed by atoms with Gasteiger partial charge in [0.25, 0.3) is 10.0 Å². The van der Waals surface area contributed by atoms with Gasteiger partial charge in [0.05, 0.1) is 36.3 Å². The molecule has 0 unspecified atom stereocenters. The van der Waals surface area contributed by atoms with Gasteiger partial charge in [-0.25, -0.2) is 13.2 Å². The third-order valence-electron chi connectivity index (χ3n) is 5.60. The second kappa shape index (κ2) is 9.56. The van der Waals surface area contributed by atoms with Crippen molar-refractivity contribution in [3.63, 3.8) is 0 Å². The van der Waals surface area contributed by atoms with Crippen LogP contribution in [0.1, 0.15) is 5.56 Å². The van der Waals surface area contributed by atoms with E-state index in [2.05, 4.69) is 0 Å². The number of methoxy groups -OCH3 is 1. The van der Waals surface area contributed by atoms with Gasteiger partial charge in [-0.15, -0.1) is 0 Å². The van der Waals surface area contributed by atoms with E-state index in [0.717, 1.165) is 0 Å². The molecule has 0 radical (unpaired) electrons. The van der Waals surface area contributed by atoms with Crippen molar-refractivity contribution < 1.29 is 27.5 Å². The molecular formula is C25H24N2O6S. The smallest absolute Gasteiger partial charge is 0.348 e. The van der Waals surface area contributed by atoms with E-state index in [-0.39, 0.29) is 23.8 Å². The van der Waals surface area contributed by atoms with Gasteiger partial charge in [-0.1, -0.05) is 42.5 Å². The summed E-state index contributed by atoms with van der Waals surface area (Å²) in [6, 6.07) is 21.9. The Morgan fingerprint density at radius 1 is 1.00 bits per heavy atom. The molecule has 0 aromatic heterocycles. The number of anilines is 2. The maximum Gasteiger partial charge on any atom is 0.348 e. The Kier molecular flexibility index (Phi) is 6.56. The molecule has 0 saturated heterocycles. The van der Waals surface area contributed by atoms with E-state index < -0.39 is 22.1 Å². The molecule has 9 heteroatoms. The first-order valence-electron chi connectivity index (χ1n) is 10.6. The minimum absolute atomic E-state index is 0.0403. The average molecular weight is 481 g/mol. The van der Waals surface area contributed by atoms with E-state index in [1.807, 2.05) is 0 Å². The van der Waals surface area contributed by atoms with Crippen LogP contribution in [0.2, 0.25) is 0 Å². The van der Waals surface area contributed by atoms with Crippen LogP contribution in [-0.2, 0) is 30.8 Å². The number of carbonyl (C=O) groups is 2. The lowest BCUT2D eigenvalue weighted by Crippen LogP contribution is -2.48. The predicted octanol–water partition coefficient (Wildman–Crippen LogP) is 3.02. The number of fused-ring (bicyclic) bond motifs is 1. The summed E-state index contributed by atoms with van der Waals surface area (Å²) in [7, 11) is -0.936. The van der Waals surface area contributed by atoms with Gasteiger partial charge in [0.15, 0.2) is 0 Å². The summed E-state index contributed by atoms with van der Waals surface area (Å²) < 4.78 is 37.4. The first-order chi connectivity index (χ1) is 16.3. The largest absolute Gasteiger partial charge is 0.475 e. The quantitative estimate of drug-likeness (QED) is 0.504. The van der Waals surface area contributed by atoms with Crippen LogP contribution >= 0.6 is 0 Å². The van der Waals surface area contributed by atoms with Gasteiger partial charge in [0.1, 0.15) is 5.75 Å². The molecule has 0 spiro atoms. The zero-order chi connectivity index (χ0) is 24.3. The van der Waals surface area contributed by atoms with Gasteiger partial charge < -0.3 is 14.4 Å². The fourth-order valence-electron chi connectivity index (χ4n) is 3.71. The Balaban J connectivity index is 1.51. The van der Waals surface area contributed by atoms with Crippen molar-refractivity contribution in [2.45, 2.75) is 17.4 Å². The monoisotopic (exact) mass is 480 g/mol. The Hall–Kier alpha value is -3.85. The number of ether oxygens (including phenoxy) is 2. The van der Waals surface area contributed by atoms with E-state index in [1.54, 1.807) is 78.9 Å². The minimum atomic E-state index is -3.69. The third kappa shape index (κ3) is 4.60. The average Bonchev–Trinajstić information content (AvgIpc) is 2.88. The fourth-order valence-corrected chi connectivity index (χ4v) is 4.92. The standard InChI is InChI=1S/C25H24N2O6S/c1-26(34(30,31)20-8-4-3-5-9-20)19-14-12-18(13-15-19)16-24(28)27-17-23(25(29)32-2)33-22-11-7-6-10-21(22)27/h3-15,23H,16-17H2,1-2H3/t23-/m0/s1. The second-order valence-corrected chi connectivity index (χ2v) is 9.70. The van der Waals surface area contributed by atoms with Crippen molar-refractivity contribution in [1.82, 2.24) is 0 Å². The van der Waals surface area contributed by atoms with Crippen molar-refractivity contribution in [3.8, 4) is 5.75 Å². The van der Waals surface area contributed by atoms with Crippen LogP contribution in [-0.4, -0.2) is 47.1 Å². The maximum atomic E-state index is 13.2.